The minimum absolute atomic E-state index is 0. The Bertz CT molecular complexity index is 909. The summed E-state index contributed by atoms with van der Waals surface area (Å²) in [7, 11) is 1.97. The summed E-state index contributed by atoms with van der Waals surface area (Å²) in [6.07, 6.45) is -0.505. The number of nitrogens with zero attached hydrogens (tertiary/aromatic N) is 1. The number of benzene rings is 1. The zero-order chi connectivity index (χ0) is 24.2. The van der Waals surface area contributed by atoms with E-state index in [-0.39, 0.29) is 20.8 Å². The van der Waals surface area contributed by atoms with Crippen molar-refractivity contribution in [1.82, 2.24) is 4.90 Å². The molecule has 1 aromatic carbocycles. The maximum absolute atomic E-state index is 13.5. The molecule has 1 fully saturated rings. The van der Waals surface area contributed by atoms with E-state index in [1.165, 1.54) is 17.0 Å². The van der Waals surface area contributed by atoms with Gasteiger partial charge in [-0.15, -0.1) is 11.3 Å². The number of hydrogen-bond donors (Lipinski definition) is 0. The Morgan fingerprint density at radius 1 is 1.23 bits per heavy atom. The molecule has 1 heterocycles. The average Bonchev–Trinajstić information content (AvgIpc) is 3.31. The molecule has 0 N–H and O–H groups in total. The number of halogens is 3. The fraction of sp³-hybridized carbons (Fsp3) is 0.586. The first-order valence-corrected chi connectivity index (χ1v) is 12.7. The second kappa shape index (κ2) is 13.4. The maximum Gasteiger partial charge on any atom is 0.416 e. The summed E-state index contributed by atoms with van der Waals surface area (Å²) in [5, 5.41) is 2.08. The second-order valence-electron chi connectivity index (χ2n) is 9.45. The van der Waals surface area contributed by atoms with Crippen molar-refractivity contribution >= 4 is 11.3 Å². The third-order valence-electron chi connectivity index (χ3n) is 7.12. The molecule has 0 spiro atoms. The molecule has 3 rings (SSSR count). The van der Waals surface area contributed by atoms with Gasteiger partial charge in [-0.05, 0) is 97.6 Å². The molecule has 0 aliphatic heterocycles. The van der Waals surface area contributed by atoms with Crippen LogP contribution in [-0.2, 0) is 10.9 Å². The lowest BCUT2D eigenvalue weighted by molar-refractivity contribution is -0.137. The zero-order valence-corrected chi connectivity index (χ0v) is 20.9. The Morgan fingerprint density at radius 2 is 1.94 bits per heavy atom. The van der Waals surface area contributed by atoms with Gasteiger partial charge in [0.15, 0.2) is 5.88 Å². The summed E-state index contributed by atoms with van der Waals surface area (Å²) in [6, 6.07) is 8.43. The zero-order valence-electron chi connectivity index (χ0n) is 20.1. The van der Waals surface area contributed by atoms with Gasteiger partial charge >= 0.3 is 6.18 Å². The summed E-state index contributed by atoms with van der Waals surface area (Å²) >= 11 is 1.73. The largest absolute Gasteiger partial charge is 0.479 e. The summed E-state index contributed by atoms with van der Waals surface area (Å²) < 4.78 is 46.6. The van der Waals surface area contributed by atoms with E-state index in [2.05, 4.69) is 37.9 Å². The molecule has 6 heteroatoms. The minimum Gasteiger partial charge on any atom is -0.479 e. The van der Waals surface area contributed by atoms with E-state index >= 15 is 0 Å². The molecule has 35 heavy (non-hydrogen) atoms. The van der Waals surface area contributed by atoms with Crippen molar-refractivity contribution in [2.75, 3.05) is 20.2 Å². The van der Waals surface area contributed by atoms with Crippen LogP contribution in [0.15, 0.2) is 48.2 Å². The minimum atomic E-state index is -4.34. The van der Waals surface area contributed by atoms with Crippen LogP contribution in [0.4, 0.5) is 13.2 Å². The smallest absolute Gasteiger partial charge is 0.416 e. The van der Waals surface area contributed by atoms with E-state index in [1.54, 1.807) is 17.4 Å². The van der Waals surface area contributed by atoms with Crippen molar-refractivity contribution in [3.8, 4) is 0 Å². The lowest BCUT2D eigenvalue weighted by Crippen LogP contribution is -2.30. The molecule has 0 saturated heterocycles. The molecular weight excluding hydrogens is 467 g/mol. The van der Waals surface area contributed by atoms with Crippen LogP contribution < -0.4 is 0 Å². The Morgan fingerprint density at radius 3 is 2.54 bits per heavy atom. The highest BCUT2D eigenvalue weighted by Crippen LogP contribution is 2.49. The summed E-state index contributed by atoms with van der Waals surface area (Å²) in [5.41, 5.74) is 1.22. The number of alkyl halides is 3. The summed E-state index contributed by atoms with van der Waals surface area (Å²) in [4.78, 5) is 3.32. The lowest BCUT2D eigenvalue weighted by atomic mass is 9.66. The molecule has 2 aromatic rings. The molecule has 1 saturated carbocycles. The Hall–Kier alpha value is -1.95. The molecule has 0 radical (unpaired) electrons. The molecular formula is C29H44F3NOS. The normalized spacial score (nSPS) is 20.8. The summed E-state index contributed by atoms with van der Waals surface area (Å²) in [6.45, 7) is 11.8. The maximum atomic E-state index is 13.5. The van der Waals surface area contributed by atoms with Crippen LogP contribution in [0, 0.1) is 18.8 Å². The van der Waals surface area contributed by atoms with E-state index in [4.69, 9.17) is 4.74 Å². The number of hydrogen-bond acceptors (Lipinski definition) is 3. The van der Waals surface area contributed by atoms with Gasteiger partial charge < -0.3 is 9.64 Å². The topological polar surface area (TPSA) is 12.5 Å². The van der Waals surface area contributed by atoms with E-state index < -0.39 is 11.7 Å². The quantitative estimate of drug-likeness (QED) is 0.311. The van der Waals surface area contributed by atoms with Gasteiger partial charge in [-0.1, -0.05) is 40.8 Å². The average molecular weight is 512 g/mol. The van der Waals surface area contributed by atoms with Gasteiger partial charge in [0.05, 0.1) is 12.2 Å². The van der Waals surface area contributed by atoms with Crippen LogP contribution in [0.2, 0.25) is 0 Å². The van der Waals surface area contributed by atoms with E-state index in [9.17, 15) is 13.2 Å². The fourth-order valence-corrected chi connectivity index (χ4v) is 6.01. The van der Waals surface area contributed by atoms with Crippen molar-refractivity contribution in [2.24, 2.45) is 11.8 Å². The third kappa shape index (κ3) is 7.77. The van der Waals surface area contributed by atoms with Gasteiger partial charge in [0.25, 0.3) is 0 Å². The first kappa shape index (κ1) is 31.1. The molecule has 4 atom stereocenters. The van der Waals surface area contributed by atoms with Crippen LogP contribution >= 0.6 is 11.3 Å². The highest BCUT2D eigenvalue weighted by Gasteiger charge is 2.38. The van der Waals surface area contributed by atoms with Gasteiger partial charge in [0.1, 0.15) is 0 Å². The van der Waals surface area contributed by atoms with Crippen molar-refractivity contribution in [3.63, 3.8) is 0 Å². The fourth-order valence-electron chi connectivity index (χ4n) is 5.15. The molecule has 1 aromatic heterocycles. The predicted octanol–water partition coefficient (Wildman–Crippen LogP) is 9.48. The van der Waals surface area contributed by atoms with E-state index in [0.717, 1.165) is 43.4 Å². The van der Waals surface area contributed by atoms with Crippen molar-refractivity contribution in [2.45, 2.75) is 79.3 Å². The Kier molecular flexibility index (Phi) is 11.9. The number of rotatable bonds is 9. The van der Waals surface area contributed by atoms with Crippen LogP contribution in [0.3, 0.4) is 0 Å². The number of aryl methyl sites for hydroxylation is 1. The molecule has 0 amide bonds. The van der Waals surface area contributed by atoms with E-state index in [1.807, 2.05) is 18.9 Å². The Labute approximate surface area is 215 Å². The highest BCUT2D eigenvalue weighted by molar-refractivity contribution is 7.10. The van der Waals surface area contributed by atoms with Crippen molar-refractivity contribution in [1.29, 1.82) is 0 Å². The van der Waals surface area contributed by atoms with Gasteiger partial charge in [-0.2, -0.15) is 13.2 Å². The standard InChI is InChI=1S/C27H36F3NOS.2CH4/c1-6-13-31(5)20(4)32-17-21-10-12-23(19(3)26-8-7-14-33-26)25(15-21)24-16-22(27(28,29)30)11-9-18(24)2;;/h7-9,11,14,16,19,21,23,25H,4,6,10,12-13,15,17H2,1-3,5H3;2*1H4. The third-order valence-corrected chi connectivity index (χ3v) is 8.20. The molecule has 198 valence electrons. The SMILES string of the molecule is C.C.C=C(OCC1CCC(C(C)c2cccs2)C(c2cc(C(F)(F)F)ccc2C)C1)N(C)CCC. The van der Waals surface area contributed by atoms with Gasteiger partial charge in [0, 0.05) is 18.5 Å². The number of ether oxygens (including phenoxy) is 1. The molecule has 1 aliphatic carbocycles. The van der Waals surface area contributed by atoms with Crippen molar-refractivity contribution < 1.29 is 17.9 Å². The number of thiophene rings is 1. The van der Waals surface area contributed by atoms with Crippen LogP contribution in [0.25, 0.3) is 0 Å². The summed E-state index contributed by atoms with van der Waals surface area (Å²) in [5.74, 6) is 1.62. The lowest BCUT2D eigenvalue weighted by Gasteiger charge is -2.40. The van der Waals surface area contributed by atoms with Crippen LogP contribution in [-0.4, -0.2) is 25.1 Å². The first-order valence-electron chi connectivity index (χ1n) is 11.9. The molecule has 4 unspecified atom stereocenters. The first-order chi connectivity index (χ1) is 15.6. The second-order valence-corrected chi connectivity index (χ2v) is 10.4. The Balaban J connectivity index is 0.00000306. The van der Waals surface area contributed by atoms with Gasteiger partial charge in [-0.25, -0.2) is 0 Å². The van der Waals surface area contributed by atoms with Crippen molar-refractivity contribution in [3.05, 3.63) is 69.7 Å². The highest BCUT2D eigenvalue weighted by atomic mass is 32.1. The molecule has 1 aliphatic rings. The molecule has 0 bridgehead atoms. The molecule has 2 nitrogen and oxygen atoms in total. The van der Waals surface area contributed by atoms with Crippen LogP contribution in [0.1, 0.15) is 87.8 Å². The predicted molar refractivity (Wildman–Crippen MR) is 144 cm³/mol. The monoisotopic (exact) mass is 511 g/mol. The van der Waals surface area contributed by atoms with Gasteiger partial charge in [0.2, 0.25) is 0 Å². The van der Waals surface area contributed by atoms with E-state index in [0.29, 0.717) is 30.2 Å². The van der Waals surface area contributed by atoms with Crippen LogP contribution in [0.5, 0.6) is 0 Å². The van der Waals surface area contributed by atoms with Gasteiger partial charge in [-0.3, -0.25) is 0 Å².